The zero-order chi connectivity index (χ0) is 28.3. The van der Waals surface area contributed by atoms with Crippen molar-refractivity contribution in [1.29, 1.82) is 0 Å². The highest BCUT2D eigenvalue weighted by Crippen LogP contribution is 2.42. The van der Waals surface area contributed by atoms with Crippen molar-refractivity contribution in [2.45, 2.75) is 0 Å². The van der Waals surface area contributed by atoms with Crippen molar-refractivity contribution in [3.05, 3.63) is 158 Å². The Bertz CT molecular complexity index is 2450. The van der Waals surface area contributed by atoms with Crippen LogP contribution in [0.2, 0.25) is 0 Å². The molecule has 7 aromatic carbocycles. The second-order valence-electron chi connectivity index (χ2n) is 11.0. The van der Waals surface area contributed by atoms with Crippen LogP contribution in [0.5, 0.6) is 0 Å². The maximum Gasteiger partial charge on any atom is 0.136 e. The van der Waals surface area contributed by atoms with Crippen LogP contribution in [0.4, 0.5) is 17.1 Å². The van der Waals surface area contributed by atoms with E-state index in [1.54, 1.807) is 0 Å². The largest absolute Gasteiger partial charge is 0.456 e. The fourth-order valence-electron chi connectivity index (χ4n) is 6.57. The van der Waals surface area contributed by atoms with Gasteiger partial charge in [-0.05, 0) is 83.6 Å². The average Bonchev–Trinajstić information content (AvgIpc) is 3.59. The Labute approximate surface area is 248 Å². The molecule has 0 aliphatic rings. The van der Waals surface area contributed by atoms with Gasteiger partial charge in [0, 0.05) is 44.3 Å². The van der Waals surface area contributed by atoms with Gasteiger partial charge in [-0.25, -0.2) is 0 Å². The van der Waals surface area contributed by atoms with Gasteiger partial charge in [0.1, 0.15) is 11.2 Å². The van der Waals surface area contributed by atoms with Crippen LogP contribution in [-0.2, 0) is 0 Å². The number of rotatable bonds is 4. The average molecular weight is 551 g/mol. The highest BCUT2D eigenvalue weighted by atomic mass is 16.3. The summed E-state index contributed by atoms with van der Waals surface area (Å²) >= 11 is 0. The Morgan fingerprint density at radius 2 is 1.02 bits per heavy atom. The predicted octanol–water partition coefficient (Wildman–Crippen LogP) is 11.3. The molecular formula is C40H26N2O. The van der Waals surface area contributed by atoms with Crippen LogP contribution in [-0.4, -0.2) is 4.57 Å². The minimum absolute atomic E-state index is 0.890. The molecule has 0 N–H and O–H groups in total. The van der Waals surface area contributed by atoms with Crippen LogP contribution in [0.15, 0.2) is 162 Å². The fraction of sp³-hybridized carbons (Fsp3) is 0. The highest BCUT2D eigenvalue weighted by Gasteiger charge is 2.19. The summed E-state index contributed by atoms with van der Waals surface area (Å²) in [5, 5.41) is 7.11. The van der Waals surface area contributed by atoms with Crippen molar-refractivity contribution in [2.24, 2.45) is 0 Å². The van der Waals surface area contributed by atoms with E-state index in [2.05, 4.69) is 167 Å². The summed E-state index contributed by atoms with van der Waals surface area (Å²) in [6, 6.07) is 56.1. The monoisotopic (exact) mass is 550 g/mol. The summed E-state index contributed by atoms with van der Waals surface area (Å²) in [5.74, 6) is 0. The molecule has 9 rings (SSSR count). The Morgan fingerprint density at radius 3 is 1.86 bits per heavy atom. The lowest BCUT2D eigenvalue weighted by atomic mass is 10.1. The summed E-state index contributed by atoms with van der Waals surface area (Å²) in [6.07, 6.45) is 0. The molecule has 3 heteroatoms. The Kier molecular flexibility index (Phi) is 5.20. The number of para-hydroxylation sites is 3. The number of anilines is 3. The van der Waals surface area contributed by atoms with Crippen molar-refractivity contribution >= 4 is 71.6 Å². The van der Waals surface area contributed by atoms with Gasteiger partial charge in [0.15, 0.2) is 0 Å². The van der Waals surface area contributed by atoms with Gasteiger partial charge in [-0.1, -0.05) is 84.9 Å². The van der Waals surface area contributed by atoms with Crippen molar-refractivity contribution in [3.63, 3.8) is 0 Å². The molecule has 0 saturated carbocycles. The van der Waals surface area contributed by atoms with Crippen LogP contribution in [0.25, 0.3) is 60.2 Å². The lowest BCUT2D eigenvalue weighted by molar-refractivity contribution is 0.669. The van der Waals surface area contributed by atoms with Gasteiger partial charge >= 0.3 is 0 Å². The van der Waals surface area contributed by atoms with Gasteiger partial charge in [0.2, 0.25) is 0 Å². The molecule has 0 amide bonds. The van der Waals surface area contributed by atoms with Crippen molar-refractivity contribution in [1.82, 2.24) is 4.57 Å². The molecule has 0 aliphatic carbocycles. The number of benzene rings is 7. The molecule has 202 valence electrons. The molecule has 0 saturated heterocycles. The third-order valence-electron chi connectivity index (χ3n) is 8.52. The standard InChI is InChI=1S/C40H26N2O/c1-3-13-29(14-4-1)41(31-20-22-39-36(25-31)35-23-27-11-7-8-12-28(27)24-40(35)43-39)32-19-21-34-33-17-9-10-18-37(33)42(38(34)26-32)30-15-5-2-6-16-30/h1-26H. The van der Waals surface area contributed by atoms with Crippen molar-refractivity contribution in [2.75, 3.05) is 4.90 Å². The topological polar surface area (TPSA) is 21.3 Å². The van der Waals surface area contributed by atoms with E-state index in [4.69, 9.17) is 4.42 Å². The molecule has 0 spiro atoms. The molecule has 0 aliphatic heterocycles. The molecule has 43 heavy (non-hydrogen) atoms. The van der Waals surface area contributed by atoms with Gasteiger partial charge in [0.25, 0.3) is 0 Å². The van der Waals surface area contributed by atoms with E-state index in [0.29, 0.717) is 0 Å². The molecule has 2 heterocycles. The summed E-state index contributed by atoms with van der Waals surface area (Å²) in [5.41, 5.74) is 8.59. The molecule has 0 radical (unpaired) electrons. The van der Waals surface area contributed by atoms with Gasteiger partial charge in [-0.2, -0.15) is 0 Å². The minimum atomic E-state index is 0.890. The van der Waals surface area contributed by atoms with Crippen LogP contribution < -0.4 is 4.90 Å². The number of furan rings is 1. The second-order valence-corrected chi connectivity index (χ2v) is 11.0. The number of aromatic nitrogens is 1. The second kappa shape index (κ2) is 9.37. The van der Waals surface area contributed by atoms with Gasteiger partial charge < -0.3 is 13.9 Å². The van der Waals surface area contributed by atoms with E-state index in [1.807, 2.05) is 0 Å². The van der Waals surface area contributed by atoms with Crippen LogP contribution in [0.3, 0.4) is 0 Å². The number of hydrogen-bond donors (Lipinski definition) is 0. The number of fused-ring (bicyclic) bond motifs is 7. The first kappa shape index (κ1) is 23.9. The molecule has 0 bridgehead atoms. The van der Waals surface area contributed by atoms with Gasteiger partial charge in [-0.3, -0.25) is 0 Å². The summed E-state index contributed by atoms with van der Waals surface area (Å²) < 4.78 is 8.71. The number of nitrogens with zero attached hydrogens (tertiary/aromatic N) is 2. The SMILES string of the molecule is c1ccc(N(c2ccc3oc4cc5ccccc5cc4c3c2)c2ccc3c4ccccc4n(-c4ccccc4)c3c2)cc1. The van der Waals surface area contributed by atoms with Crippen molar-refractivity contribution in [3.8, 4) is 5.69 Å². The first-order valence-electron chi connectivity index (χ1n) is 14.6. The van der Waals surface area contributed by atoms with Gasteiger partial charge in [-0.15, -0.1) is 0 Å². The number of hydrogen-bond acceptors (Lipinski definition) is 2. The van der Waals surface area contributed by atoms with E-state index in [9.17, 15) is 0 Å². The van der Waals surface area contributed by atoms with E-state index < -0.39 is 0 Å². The lowest BCUT2D eigenvalue weighted by Gasteiger charge is -2.26. The Morgan fingerprint density at radius 1 is 0.395 bits per heavy atom. The van der Waals surface area contributed by atoms with Gasteiger partial charge in [0.05, 0.1) is 11.0 Å². The highest BCUT2D eigenvalue weighted by molar-refractivity contribution is 6.12. The zero-order valence-corrected chi connectivity index (χ0v) is 23.3. The molecule has 0 unspecified atom stereocenters. The quantitative estimate of drug-likeness (QED) is 0.217. The summed E-state index contributed by atoms with van der Waals surface area (Å²) in [6.45, 7) is 0. The summed E-state index contributed by atoms with van der Waals surface area (Å²) in [7, 11) is 0. The van der Waals surface area contributed by atoms with Crippen LogP contribution >= 0.6 is 0 Å². The van der Waals surface area contributed by atoms with E-state index in [1.165, 1.54) is 32.6 Å². The minimum Gasteiger partial charge on any atom is -0.456 e. The van der Waals surface area contributed by atoms with Crippen LogP contribution in [0, 0.1) is 0 Å². The Balaban J connectivity index is 1.29. The molecule has 9 aromatic rings. The third kappa shape index (κ3) is 3.75. The zero-order valence-electron chi connectivity index (χ0n) is 23.3. The molecule has 0 atom stereocenters. The smallest absolute Gasteiger partial charge is 0.136 e. The molecule has 0 fully saturated rings. The third-order valence-corrected chi connectivity index (χ3v) is 8.52. The molecular weight excluding hydrogens is 524 g/mol. The van der Waals surface area contributed by atoms with E-state index in [-0.39, 0.29) is 0 Å². The molecule has 3 nitrogen and oxygen atoms in total. The van der Waals surface area contributed by atoms with Crippen LogP contribution in [0.1, 0.15) is 0 Å². The fourth-order valence-corrected chi connectivity index (χ4v) is 6.57. The predicted molar refractivity (Wildman–Crippen MR) is 180 cm³/mol. The summed E-state index contributed by atoms with van der Waals surface area (Å²) in [4.78, 5) is 2.34. The lowest BCUT2D eigenvalue weighted by Crippen LogP contribution is -2.10. The van der Waals surface area contributed by atoms with E-state index in [0.717, 1.165) is 44.7 Å². The normalized spacial score (nSPS) is 11.7. The Hall–Kier alpha value is -5.80. The van der Waals surface area contributed by atoms with E-state index >= 15 is 0 Å². The van der Waals surface area contributed by atoms with Crippen molar-refractivity contribution < 1.29 is 4.42 Å². The maximum absolute atomic E-state index is 6.34. The molecule has 2 aromatic heterocycles. The first-order chi connectivity index (χ1) is 21.3. The first-order valence-corrected chi connectivity index (χ1v) is 14.6. The maximum atomic E-state index is 6.34.